The summed E-state index contributed by atoms with van der Waals surface area (Å²) in [5.41, 5.74) is 0.109. The van der Waals surface area contributed by atoms with Crippen LogP contribution >= 0.6 is 0 Å². The first kappa shape index (κ1) is 13.4. The number of aromatic nitrogens is 1. The van der Waals surface area contributed by atoms with E-state index >= 15 is 0 Å². The highest BCUT2D eigenvalue weighted by Crippen LogP contribution is 2.32. The molecule has 1 N–H and O–H groups in total. The first-order chi connectivity index (χ1) is 9.75. The summed E-state index contributed by atoms with van der Waals surface area (Å²) in [7, 11) is 0. The minimum atomic E-state index is -0.178. The lowest BCUT2D eigenvalue weighted by atomic mass is 9.89. The summed E-state index contributed by atoms with van der Waals surface area (Å²) in [6, 6.07) is 1.79. The van der Waals surface area contributed by atoms with Crippen molar-refractivity contribution in [3.63, 3.8) is 0 Å². The molecule has 1 amide bonds. The lowest BCUT2D eigenvalue weighted by Crippen LogP contribution is -2.39. The largest absolute Gasteiger partial charge is 0.367 e. The number of nitrogens with one attached hydrogen (secondary N) is 1. The van der Waals surface area contributed by atoms with Crippen LogP contribution in [0.2, 0.25) is 0 Å². The third-order valence-electron chi connectivity index (χ3n) is 4.48. The van der Waals surface area contributed by atoms with E-state index < -0.39 is 0 Å². The summed E-state index contributed by atoms with van der Waals surface area (Å²) in [5, 5.41) is 0. The van der Waals surface area contributed by atoms with Gasteiger partial charge < -0.3 is 9.88 Å². The Morgan fingerprint density at radius 1 is 1.20 bits per heavy atom. The molecule has 1 aromatic heterocycles. The van der Waals surface area contributed by atoms with Gasteiger partial charge in [0.25, 0.3) is 5.91 Å². The van der Waals surface area contributed by atoms with Crippen LogP contribution in [-0.4, -0.2) is 28.4 Å². The van der Waals surface area contributed by atoms with Gasteiger partial charge in [-0.05, 0) is 31.6 Å². The zero-order valence-corrected chi connectivity index (χ0v) is 11.8. The van der Waals surface area contributed by atoms with Crippen LogP contribution < -0.4 is 5.43 Å². The summed E-state index contributed by atoms with van der Waals surface area (Å²) >= 11 is 0. The van der Waals surface area contributed by atoms with Crippen LogP contribution in [0.4, 0.5) is 0 Å². The Morgan fingerprint density at radius 3 is 2.60 bits per heavy atom. The number of carbonyl (C=O) groups is 1. The minimum absolute atomic E-state index is 0.0834. The van der Waals surface area contributed by atoms with E-state index in [1.807, 2.05) is 4.90 Å². The molecule has 108 valence electrons. The molecule has 0 aliphatic heterocycles. The SMILES string of the molecule is O=C(c1c[nH]ccc1=O)N(CC1CCCCC1)C1CC1. The molecule has 0 unspecified atom stereocenters. The fraction of sp³-hybridized carbons (Fsp3) is 0.625. The van der Waals surface area contributed by atoms with Gasteiger partial charge in [0, 0.05) is 31.0 Å². The third kappa shape index (κ3) is 2.94. The second kappa shape index (κ2) is 5.81. The highest BCUT2D eigenvalue weighted by atomic mass is 16.2. The molecule has 20 heavy (non-hydrogen) atoms. The van der Waals surface area contributed by atoms with E-state index in [4.69, 9.17) is 0 Å². The number of carbonyl (C=O) groups excluding carboxylic acids is 1. The maximum absolute atomic E-state index is 12.6. The van der Waals surface area contributed by atoms with Crippen LogP contribution in [0.5, 0.6) is 0 Å². The zero-order valence-electron chi connectivity index (χ0n) is 11.8. The number of aromatic amines is 1. The summed E-state index contributed by atoms with van der Waals surface area (Å²) < 4.78 is 0. The number of hydrogen-bond acceptors (Lipinski definition) is 2. The van der Waals surface area contributed by atoms with Crippen molar-refractivity contribution in [3.8, 4) is 0 Å². The normalized spacial score (nSPS) is 19.8. The number of pyridine rings is 1. The average molecular weight is 274 g/mol. The molecular weight excluding hydrogens is 252 g/mol. The highest BCUT2D eigenvalue weighted by Gasteiger charge is 2.35. The summed E-state index contributed by atoms with van der Waals surface area (Å²) in [6.45, 7) is 0.831. The predicted octanol–water partition coefficient (Wildman–Crippen LogP) is 2.56. The van der Waals surface area contributed by atoms with Crippen molar-refractivity contribution in [1.29, 1.82) is 0 Å². The predicted molar refractivity (Wildman–Crippen MR) is 77.7 cm³/mol. The Kier molecular flexibility index (Phi) is 3.90. The van der Waals surface area contributed by atoms with Crippen LogP contribution in [-0.2, 0) is 0 Å². The molecule has 0 radical (unpaired) electrons. The first-order valence-electron chi connectivity index (χ1n) is 7.74. The quantitative estimate of drug-likeness (QED) is 0.917. The van der Waals surface area contributed by atoms with Crippen molar-refractivity contribution < 1.29 is 4.79 Å². The number of rotatable bonds is 4. The molecule has 4 heteroatoms. The molecule has 2 saturated carbocycles. The Labute approximate surface area is 119 Å². The van der Waals surface area contributed by atoms with E-state index in [1.54, 1.807) is 12.4 Å². The molecule has 0 spiro atoms. The van der Waals surface area contributed by atoms with Crippen molar-refractivity contribution in [2.75, 3.05) is 6.54 Å². The van der Waals surface area contributed by atoms with Gasteiger partial charge in [-0.1, -0.05) is 19.3 Å². The van der Waals surface area contributed by atoms with Gasteiger partial charge in [-0.25, -0.2) is 0 Å². The number of nitrogens with zero attached hydrogens (tertiary/aromatic N) is 1. The van der Waals surface area contributed by atoms with E-state index in [2.05, 4.69) is 4.98 Å². The molecule has 0 saturated heterocycles. The van der Waals surface area contributed by atoms with Crippen molar-refractivity contribution in [2.45, 2.75) is 51.0 Å². The summed E-state index contributed by atoms with van der Waals surface area (Å²) in [5.74, 6) is 0.538. The maximum atomic E-state index is 12.6. The van der Waals surface area contributed by atoms with Crippen molar-refractivity contribution in [3.05, 3.63) is 34.2 Å². The average Bonchev–Trinajstić information content (AvgIpc) is 3.30. The fourth-order valence-corrected chi connectivity index (χ4v) is 3.17. The summed E-state index contributed by atoms with van der Waals surface area (Å²) in [6.07, 6.45) is 11.6. The van der Waals surface area contributed by atoms with Gasteiger partial charge in [0.05, 0.1) is 0 Å². The molecule has 0 atom stereocenters. The molecule has 2 fully saturated rings. The molecule has 2 aliphatic rings. The van der Waals surface area contributed by atoms with E-state index in [-0.39, 0.29) is 16.9 Å². The second-order valence-electron chi connectivity index (χ2n) is 6.11. The second-order valence-corrected chi connectivity index (χ2v) is 6.11. The van der Waals surface area contributed by atoms with Crippen LogP contribution in [0.1, 0.15) is 55.3 Å². The molecule has 1 aromatic rings. The van der Waals surface area contributed by atoms with Crippen molar-refractivity contribution in [1.82, 2.24) is 9.88 Å². The Balaban J connectivity index is 1.75. The fourth-order valence-electron chi connectivity index (χ4n) is 3.17. The van der Waals surface area contributed by atoms with Gasteiger partial charge >= 0.3 is 0 Å². The zero-order chi connectivity index (χ0) is 13.9. The third-order valence-corrected chi connectivity index (χ3v) is 4.48. The molecule has 1 heterocycles. The number of H-pyrrole nitrogens is 1. The van der Waals surface area contributed by atoms with Gasteiger partial charge in [-0.3, -0.25) is 9.59 Å². The van der Waals surface area contributed by atoms with Crippen LogP contribution in [0.3, 0.4) is 0 Å². The van der Waals surface area contributed by atoms with E-state index in [0.29, 0.717) is 12.0 Å². The molecule has 0 aromatic carbocycles. The van der Waals surface area contributed by atoms with Crippen LogP contribution in [0, 0.1) is 5.92 Å². The van der Waals surface area contributed by atoms with E-state index in [1.165, 1.54) is 38.2 Å². The standard InChI is InChI=1S/C16H22N2O2/c19-15-8-9-17-10-14(15)16(20)18(13-6-7-13)11-12-4-2-1-3-5-12/h8-10,12-13H,1-7,11H2,(H,17,19). The van der Waals surface area contributed by atoms with Crippen LogP contribution in [0.25, 0.3) is 0 Å². The van der Waals surface area contributed by atoms with Gasteiger partial charge in [-0.2, -0.15) is 0 Å². The van der Waals surface area contributed by atoms with Gasteiger partial charge in [0.2, 0.25) is 0 Å². The van der Waals surface area contributed by atoms with Gasteiger partial charge in [-0.15, -0.1) is 0 Å². The Bertz CT molecular complexity index is 527. The monoisotopic (exact) mass is 274 g/mol. The number of hydrogen-bond donors (Lipinski definition) is 1. The molecule has 0 bridgehead atoms. The van der Waals surface area contributed by atoms with E-state index in [0.717, 1.165) is 19.4 Å². The topological polar surface area (TPSA) is 53.2 Å². The minimum Gasteiger partial charge on any atom is -0.367 e. The maximum Gasteiger partial charge on any atom is 0.259 e. The van der Waals surface area contributed by atoms with Gasteiger partial charge in [0.1, 0.15) is 5.56 Å². The van der Waals surface area contributed by atoms with E-state index in [9.17, 15) is 9.59 Å². The molecule has 3 rings (SSSR count). The lowest BCUT2D eigenvalue weighted by molar-refractivity contribution is 0.0697. The smallest absolute Gasteiger partial charge is 0.259 e. The summed E-state index contributed by atoms with van der Waals surface area (Å²) in [4.78, 5) is 29.3. The highest BCUT2D eigenvalue weighted by molar-refractivity contribution is 5.94. The number of amides is 1. The van der Waals surface area contributed by atoms with Gasteiger partial charge in [0.15, 0.2) is 5.43 Å². The first-order valence-corrected chi connectivity index (χ1v) is 7.74. The molecular formula is C16H22N2O2. The molecule has 2 aliphatic carbocycles. The van der Waals surface area contributed by atoms with Crippen molar-refractivity contribution >= 4 is 5.91 Å². The molecule has 4 nitrogen and oxygen atoms in total. The lowest BCUT2D eigenvalue weighted by Gasteiger charge is -2.29. The van der Waals surface area contributed by atoms with Crippen molar-refractivity contribution in [2.24, 2.45) is 5.92 Å². The Morgan fingerprint density at radius 2 is 1.95 bits per heavy atom. The Hall–Kier alpha value is -1.58. The van der Waals surface area contributed by atoms with Crippen LogP contribution in [0.15, 0.2) is 23.3 Å².